The van der Waals surface area contributed by atoms with Gasteiger partial charge in [-0.15, -0.1) is 0 Å². The van der Waals surface area contributed by atoms with Crippen LogP contribution in [0, 0.1) is 0 Å². The Bertz CT molecular complexity index is 1600. The number of fused-ring (bicyclic) bond motifs is 1. The molecule has 0 fully saturated rings. The van der Waals surface area contributed by atoms with Crippen LogP contribution < -0.4 is 10.7 Å². The highest BCUT2D eigenvalue weighted by Gasteiger charge is 2.29. The molecule has 1 heterocycles. The maximum absolute atomic E-state index is 12.9. The summed E-state index contributed by atoms with van der Waals surface area (Å²) in [5.74, 6) is -1.59. The molecule has 4 N–H and O–H groups in total. The molecular formula is C30H24ClN3O4. The minimum atomic E-state index is -1.06. The number of amides is 1. The van der Waals surface area contributed by atoms with Gasteiger partial charge in [0.2, 0.25) is 0 Å². The average Bonchev–Trinajstić information content (AvgIpc) is 3.23. The molecular weight excluding hydrogens is 502 g/mol. The van der Waals surface area contributed by atoms with Gasteiger partial charge < -0.3 is 15.5 Å². The Kier molecular flexibility index (Phi) is 6.85. The van der Waals surface area contributed by atoms with Crippen molar-refractivity contribution in [1.29, 1.82) is 0 Å². The zero-order valence-electron chi connectivity index (χ0n) is 20.5. The number of hydrazone groups is 1. The third-order valence-electron chi connectivity index (χ3n) is 6.36. The standard InChI is InChI=1S/C30H24ClN3O4/c1-2-5-17-10-12-18(13-11-17)23-15-21(31)16-24-26(23)32-29(36)27(24)34-33-25-9-4-8-22(28(25)35)19-6-3-7-20(14-19)30(37)38/h3-4,6-16,33,35H,2,5H2,1H3,(H,37,38)(H,32,34,36). The Morgan fingerprint density at radius 3 is 2.42 bits per heavy atom. The Morgan fingerprint density at radius 2 is 1.68 bits per heavy atom. The molecule has 0 atom stereocenters. The highest BCUT2D eigenvalue weighted by atomic mass is 35.5. The van der Waals surface area contributed by atoms with E-state index in [0.717, 1.165) is 24.0 Å². The summed E-state index contributed by atoms with van der Waals surface area (Å²) < 4.78 is 0. The predicted molar refractivity (Wildman–Crippen MR) is 150 cm³/mol. The van der Waals surface area contributed by atoms with Gasteiger partial charge in [0.25, 0.3) is 5.91 Å². The van der Waals surface area contributed by atoms with E-state index in [2.05, 4.69) is 34.9 Å². The molecule has 1 aliphatic heterocycles. The first-order chi connectivity index (χ1) is 18.4. The van der Waals surface area contributed by atoms with E-state index in [-0.39, 0.29) is 22.7 Å². The Morgan fingerprint density at radius 1 is 0.947 bits per heavy atom. The largest absolute Gasteiger partial charge is 0.505 e. The summed E-state index contributed by atoms with van der Waals surface area (Å²) in [6.45, 7) is 2.13. The molecule has 0 saturated carbocycles. The number of anilines is 2. The van der Waals surface area contributed by atoms with Crippen LogP contribution in [0.5, 0.6) is 5.75 Å². The molecule has 4 aromatic rings. The van der Waals surface area contributed by atoms with Crippen molar-refractivity contribution in [2.45, 2.75) is 19.8 Å². The maximum atomic E-state index is 12.9. The van der Waals surface area contributed by atoms with Crippen LogP contribution in [0.3, 0.4) is 0 Å². The molecule has 8 heteroatoms. The number of para-hydroxylation sites is 1. The molecule has 1 amide bonds. The smallest absolute Gasteiger partial charge is 0.335 e. The van der Waals surface area contributed by atoms with Crippen molar-refractivity contribution < 1.29 is 19.8 Å². The van der Waals surface area contributed by atoms with Crippen molar-refractivity contribution in [3.05, 3.63) is 101 Å². The molecule has 0 unspecified atom stereocenters. The fraction of sp³-hybridized carbons (Fsp3) is 0.100. The quantitative estimate of drug-likeness (QED) is 0.157. The summed E-state index contributed by atoms with van der Waals surface area (Å²) in [7, 11) is 0. The summed E-state index contributed by atoms with van der Waals surface area (Å²) in [4.78, 5) is 24.3. The van der Waals surface area contributed by atoms with E-state index in [1.54, 1.807) is 36.4 Å². The number of hydrogen-bond acceptors (Lipinski definition) is 5. The number of carbonyl (C=O) groups excluding carboxylic acids is 1. The molecule has 0 radical (unpaired) electrons. The lowest BCUT2D eigenvalue weighted by Crippen LogP contribution is -2.16. The first-order valence-corrected chi connectivity index (χ1v) is 12.5. The molecule has 0 bridgehead atoms. The average molecular weight is 526 g/mol. The van der Waals surface area contributed by atoms with Gasteiger partial charge in [0.15, 0.2) is 5.71 Å². The molecule has 190 valence electrons. The molecule has 38 heavy (non-hydrogen) atoms. The highest BCUT2D eigenvalue weighted by molar-refractivity contribution is 6.55. The second kappa shape index (κ2) is 10.4. The number of carboxylic acids is 1. The first kappa shape index (κ1) is 25.0. The first-order valence-electron chi connectivity index (χ1n) is 12.1. The lowest BCUT2D eigenvalue weighted by molar-refractivity contribution is -0.110. The third kappa shape index (κ3) is 4.84. The number of nitrogens with zero attached hydrogens (tertiary/aromatic N) is 1. The van der Waals surface area contributed by atoms with Crippen LogP contribution in [0.25, 0.3) is 22.3 Å². The number of aromatic carboxylic acids is 1. The Balaban J connectivity index is 1.48. The summed E-state index contributed by atoms with van der Waals surface area (Å²) in [5, 5.41) is 27.9. The zero-order valence-corrected chi connectivity index (χ0v) is 21.2. The van der Waals surface area contributed by atoms with E-state index < -0.39 is 11.9 Å². The number of halogens is 1. The maximum Gasteiger partial charge on any atom is 0.335 e. The van der Waals surface area contributed by atoms with Gasteiger partial charge in [-0.3, -0.25) is 10.2 Å². The van der Waals surface area contributed by atoms with Gasteiger partial charge in [-0.25, -0.2) is 4.79 Å². The van der Waals surface area contributed by atoms with E-state index in [0.29, 0.717) is 27.4 Å². The SMILES string of the molecule is CCCc1ccc(-c2cc(Cl)cc3c2NC(=O)C3=NNc2cccc(-c3cccc(C(=O)O)c3)c2O)cc1. The van der Waals surface area contributed by atoms with Crippen LogP contribution in [0.15, 0.2) is 84.0 Å². The number of carbonyl (C=O) groups is 2. The fourth-order valence-electron chi connectivity index (χ4n) is 4.50. The predicted octanol–water partition coefficient (Wildman–Crippen LogP) is 6.80. The van der Waals surface area contributed by atoms with Gasteiger partial charge in [0.1, 0.15) is 5.75 Å². The van der Waals surface area contributed by atoms with E-state index in [4.69, 9.17) is 11.6 Å². The minimum Gasteiger partial charge on any atom is -0.505 e. The van der Waals surface area contributed by atoms with Crippen LogP contribution in [0.4, 0.5) is 11.4 Å². The highest BCUT2D eigenvalue weighted by Crippen LogP contribution is 2.39. The van der Waals surface area contributed by atoms with E-state index in [1.807, 2.05) is 18.2 Å². The van der Waals surface area contributed by atoms with Crippen molar-refractivity contribution >= 4 is 40.6 Å². The number of nitrogens with one attached hydrogen (secondary N) is 2. The van der Waals surface area contributed by atoms with E-state index in [9.17, 15) is 19.8 Å². The van der Waals surface area contributed by atoms with Crippen molar-refractivity contribution in [1.82, 2.24) is 0 Å². The number of carboxylic acid groups (broad SMARTS) is 1. The number of benzene rings is 4. The van der Waals surface area contributed by atoms with Gasteiger partial charge in [-0.1, -0.05) is 73.5 Å². The zero-order chi connectivity index (χ0) is 26.8. The fourth-order valence-corrected chi connectivity index (χ4v) is 4.72. The second-order valence-corrected chi connectivity index (χ2v) is 9.37. The number of rotatable bonds is 7. The number of aromatic hydroxyl groups is 1. The van der Waals surface area contributed by atoms with Crippen LogP contribution in [-0.4, -0.2) is 27.8 Å². The monoisotopic (exact) mass is 525 g/mol. The van der Waals surface area contributed by atoms with Crippen LogP contribution in [-0.2, 0) is 11.2 Å². The number of phenolic OH excluding ortho intramolecular Hbond substituents is 1. The lowest BCUT2D eigenvalue weighted by atomic mass is 9.98. The van der Waals surface area contributed by atoms with E-state index in [1.165, 1.54) is 17.7 Å². The van der Waals surface area contributed by atoms with Crippen LogP contribution in [0.1, 0.15) is 34.8 Å². The van der Waals surface area contributed by atoms with Gasteiger partial charge in [-0.2, -0.15) is 5.10 Å². The number of phenols is 1. The molecule has 0 spiro atoms. The molecule has 0 saturated heterocycles. The summed E-state index contributed by atoms with van der Waals surface area (Å²) in [5.41, 5.74) is 8.35. The van der Waals surface area contributed by atoms with Crippen molar-refractivity contribution in [2.24, 2.45) is 5.10 Å². The van der Waals surface area contributed by atoms with Gasteiger partial charge in [-0.05, 0) is 53.4 Å². The lowest BCUT2D eigenvalue weighted by Gasteiger charge is -2.11. The molecule has 7 nitrogen and oxygen atoms in total. The Hall–Kier alpha value is -4.62. The molecule has 0 aromatic heterocycles. The molecule has 5 rings (SSSR count). The Labute approximate surface area is 224 Å². The topological polar surface area (TPSA) is 111 Å². The third-order valence-corrected chi connectivity index (χ3v) is 6.58. The van der Waals surface area contributed by atoms with Crippen LogP contribution in [0.2, 0.25) is 5.02 Å². The molecule has 1 aliphatic rings. The van der Waals surface area contributed by atoms with Crippen molar-refractivity contribution in [3.8, 4) is 28.0 Å². The number of hydrogen-bond donors (Lipinski definition) is 4. The van der Waals surface area contributed by atoms with Crippen molar-refractivity contribution in [2.75, 3.05) is 10.7 Å². The van der Waals surface area contributed by atoms with Gasteiger partial charge in [0.05, 0.1) is 16.9 Å². The normalized spacial score (nSPS) is 13.3. The summed E-state index contributed by atoms with van der Waals surface area (Å²) >= 11 is 6.44. The van der Waals surface area contributed by atoms with E-state index >= 15 is 0 Å². The van der Waals surface area contributed by atoms with Crippen molar-refractivity contribution in [3.63, 3.8) is 0 Å². The van der Waals surface area contributed by atoms with Gasteiger partial charge >= 0.3 is 5.97 Å². The minimum absolute atomic E-state index is 0.104. The van der Waals surface area contributed by atoms with Gasteiger partial charge in [0, 0.05) is 21.7 Å². The second-order valence-electron chi connectivity index (χ2n) is 8.94. The van der Waals surface area contributed by atoms with Crippen LogP contribution >= 0.6 is 11.6 Å². The molecule has 0 aliphatic carbocycles. The molecule has 4 aromatic carbocycles. The summed E-state index contributed by atoms with van der Waals surface area (Å²) in [6.07, 6.45) is 2.05. The summed E-state index contributed by atoms with van der Waals surface area (Å²) in [6, 6.07) is 22.9. The number of aryl methyl sites for hydroxylation is 1.